The van der Waals surface area contributed by atoms with Crippen LogP contribution in [0.3, 0.4) is 0 Å². The highest BCUT2D eigenvalue weighted by atomic mass is 16.2. The number of likely N-dealkylation sites (N-methyl/N-ethyl adjacent to an activating group) is 1. The Morgan fingerprint density at radius 3 is 2.06 bits per heavy atom. The lowest BCUT2D eigenvalue weighted by molar-refractivity contribution is -0.141. The Morgan fingerprint density at radius 1 is 1.12 bits per heavy atom. The van der Waals surface area contributed by atoms with Gasteiger partial charge in [0.15, 0.2) is 0 Å². The predicted molar refractivity (Wildman–Crippen MR) is 61.9 cm³/mol. The molecule has 1 heterocycles. The van der Waals surface area contributed by atoms with Crippen LogP contribution >= 0.6 is 0 Å². The number of carbonyl (C=O) groups is 2. The highest BCUT2D eigenvalue weighted by Crippen LogP contribution is 2.06. The zero-order valence-corrected chi connectivity index (χ0v) is 10.3. The number of rotatable bonds is 3. The van der Waals surface area contributed by atoms with E-state index in [1.54, 1.807) is 11.9 Å². The number of carbonyl (C=O) groups excluding carboxylic acids is 2. The molecule has 2 amide bonds. The Morgan fingerprint density at radius 2 is 1.62 bits per heavy atom. The zero-order valence-electron chi connectivity index (χ0n) is 10.3. The Hall–Kier alpha value is -1.10. The van der Waals surface area contributed by atoms with E-state index in [9.17, 15) is 9.59 Å². The van der Waals surface area contributed by atoms with E-state index in [-0.39, 0.29) is 17.7 Å². The van der Waals surface area contributed by atoms with Gasteiger partial charge in [0.25, 0.3) is 0 Å². The van der Waals surface area contributed by atoms with Crippen LogP contribution in [0.4, 0.5) is 0 Å². The average molecular weight is 227 g/mol. The van der Waals surface area contributed by atoms with Crippen LogP contribution in [-0.4, -0.2) is 61.4 Å². The first-order valence-corrected chi connectivity index (χ1v) is 5.77. The minimum absolute atomic E-state index is 0.0413. The second-order valence-corrected chi connectivity index (χ2v) is 4.39. The fraction of sp³-hybridized carbons (Fsp3) is 0.818. The van der Waals surface area contributed by atoms with E-state index >= 15 is 0 Å². The number of nitrogens with one attached hydrogen (secondary N) is 1. The van der Waals surface area contributed by atoms with E-state index in [1.165, 1.54) is 0 Å². The van der Waals surface area contributed by atoms with Crippen molar-refractivity contribution in [3.63, 3.8) is 0 Å². The quantitative estimate of drug-likeness (QED) is 0.709. The van der Waals surface area contributed by atoms with Crippen LogP contribution in [0.5, 0.6) is 0 Å². The van der Waals surface area contributed by atoms with Crippen molar-refractivity contribution in [3.05, 3.63) is 0 Å². The highest BCUT2D eigenvalue weighted by molar-refractivity contribution is 5.80. The molecule has 1 saturated heterocycles. The first kappa shape index (κ1) is 13.0. The molecule has 92 valence electrons. The molecule has 16 heavy (non-hydrogen) atoms. The van der Waals surface area contributed by atoms with Gasteiger partial charge in [0, 0.05) is 32.1 Å². The monoisotopic (exact) mass is 227 g/mol. The lowest BCUT2D eigenvalue weighted by Crippen LogP contribution is -2.52. The van der Waals surface area contributed by atoms with E-state index in [0.717, 1.165) is 0 Å². The van der Waals surface area contributed by atoms with Crippen molar-refractivity contribution in [2.24, 2.45) is 5.92 Å². The maximum Gasteiger partial charge on any atom is 0.236 e. The summed E-state index contributed by atoms with van der Waals surface area (Å²) in [4.78, 5) is 26.9. The predicted octanol–water partition coefficient (Wildman–Crippen LogP) is -0.467. The van der Waals surface area contributed by atoms with E-state index in [4.69, 9.17) is 0 Å². The molecule has 0 bridgehead atoms. The average Bonchev–Trinajstić information content (AvgIpc) is 2.28. The van der Waals surface area contributed by atoms with Crippen LogP contribution < -0.4 is 5.32 Å². The first-order valence-electron chi connectivity index (χ1n) is 5.77. The molecule has 0 saturated carbocycles. The highest BCUT2D eigenvalue weighted by Gasteiger charge is 2.24. The summed E-state index contributed by atoms with van der Waals surface area (Å²) in [6, 6.07) is 0. The molecule has 5 heteroatoms. The van der Waals surface area contributed by atoms with Crippen molar-refractivity contribution in [1.82, 2.24) is 15.1 Å². The zero-order chi connectivity index (χ0) is 12.1. The molecule has 0 atom stereocenters. The molecule has 1 fully saturated rings. The second kappa shape index (κ2) is 5.84. The molecule has 0 aromatic carbocycles. The number of nitrogens with zero attached hydrogens (tertiary/aromatic N) is 2. The molecule has 0 spiro atoms. The van der Waals surface area contributed by atoms with Gasteiger partial charge in [-0.1, -0.05) is 13.8 Å². The largest absolute Gasteiger partial charge is 0.339 e. The molecule has 0 aliphatic carbocycles. The fourth-order valence-corrected chi connectivity index (χ4v) is 1.80. The van der Waals surface area contributed by atoms with Gasteiger partial charge < -0.3 is 15.1 Å². The van der Waals surface area contributed by atoms with Crippen LogP contribution in [-0.2, 0) is 9.59 Å². The summed E-state index contributed by atoms with van der Waals surface area (Å²) in [5.41, 5.74) is 0. The summed E-state index contributed by atoms with van der Waals surface area (Å²) in [5.74, 6) is 0.333. The van der Waals surface area contributed by atoms with Gasteiger partial charge in [-0.2, -0.15) is 0 Å². The molecule has 1 N–H and O–H groups in total. The van der Waals surface area contributed by atoms with Gasteiger partial charge in [-0.25, -0.2) is 0 Å². The summed E-state index contributed by atoms with van der Waals surface area (Å²) < 4.78 is 0. The maximum atomic E-state index is 11.7. The Kier molecular flexibility index (Phi) is 4.73. The van der Waals surface area contributed by atoms with Crippen molar-refractivity contribution in [2.45, 2.75) is 13.8 Å². The smallest absolute Gasteiger partial charge is 0.236 e. The molecule has 0 unspecified atom stereocenters. The van der Waals surface area contributed by atoms with Crippen molar-refractivity contribution >= 4 is 11.8 Å². The third-order valence-corrected chi connectivity index (χ3v) is 2.77. The van der Waals surface area contributed by atoms with Gasteiger partial charge in [0.05, 0.1) is 6.54 Å². The van der Waals surface area contributed by atoms with Gasteiger partial charge in [-0.3, -0.25) is 9.59 Å². The minimum Gasteiger partial charge on any atom is -0.339 e. The van der Waals surface area contributed by atoms with Crippen LogP contribution in [0.2, 0.25) is 0 Å². The first-order chi connectivity index (χ1) is 7.56. The molecular weight excluding hydrogens is 206 g/mol. The van der Waals surface area contributed by atoms with Crippen LogP contribution in [0, 0.1) is 5.92 Å². The van der Waals surface area contributed by atoms with Crippen molar-refractivity contribution in [1.29, 1.82) is 0 Å². The summed E-state index contributed by atoms with van der Waals surface area (Å²) in [6.45, 7) is 6.80. The topological polar surface area (TPSA) is 52.7 Å². The van der Waals surface area contributed by atoms with Crippen LogP contribution in [0.1, 0.15) is 13.8 Å². The summed E-state index contributed by atoms with van der Waals surface area (Å²) in [6.07, 6.45) is 0. The van der Waals surface area contributed by atoms with E-state index in [1.807, 2.05) is 18.7 Å². The standard InChI is InChI=1S/C11H21N3O2/c1-9(2)11(16)14-6-4-13(5-7-14)10(15)8-12-3/h9,12H,4-8H2,1-3H3. The molecule has 1 rings (SSSR count). The molecule has 0 aromatic rings. The van der Waals surface area contributed by atoms with E-state index < -0.39 is 0 Å². The van der Waals surface area contributed by atoms with Crippen LogP contribution in [0.25, 0.3) is 0 Å². The normalized spacial score (nSPS) is 16.8. The number of piperazine rings is 1. The molecule has 1 aliphatic rings. The molecule has 0 radical (unpaired) electrons. The summed E-state index contributed by atoms with van der Waals surface area (Å²) in [5, 5.41) is 2.85. The third kappa shape index (κ3) is 3.20. The Balaban J connectivity index is 2.39. The SMILES string of the molecule is CNCC(=O)N1CCN(C(=O)C(C)C)CC1. The van der Waals surface area contributed by atoms with E-state index in [0.29, 0.717) is 32.7 Å². The summed E-state index contributed by atoms with van der Waals surface area (Å²) in [7, 11) is 1.76. The number of hydrogen-bond acceptors (Lipinski definition) is 3. The molecule has 1 aliphatic heterocycles. The minimum atomic E-state index is 0.0413. The summed E-state index contributed by atoms with van der Waals surface area (Å²) >= 11 is 0. The molecule has 0 aromatic heterocycles. The van der Waals surface area contributed by atoms with E-state index in [2.05, 4.69) is 5.32 Å². The van der Waals surface area contributed by atoms with Crippen LogP contribution in [0.15, 0.2) is 0 Å². The third-order valence-electron chi connectivity index (χ3n) is 2.77. The van der Waals surface area contributed by atoms with Gasteiger partial charge in [-0.15, -0.1) is 0 Å². The van der Waals surface area contributed by atoms with Crippen molar-refractivity contribution in [2.75, 3.05) is 39.8 Å². The van der Waals surface area contributed by atoms with Gasteiger partial charge >= 0.3 is 0 Å². The maximum absolute atomic E-state index is 11.7. The fourth-order valence-electron chi connectivity index (χ4n) is 1.80. The lowest BCUT2D eigenvalue weighted by atomic mass is 10.1. The van der Waals surface area contributed by atoms with Crippen molar-refractivity contribution in [3.8, 4) is 0 Å². The molecule has 5 nitrogen and oxygen atoms in total. The Bertz CT molecular complexity index is 258. The van der Waals surface area contributed by atoms with Gasteiger partial charge in [0.1, 0.15) is 0 Å². The number of hydrogen-bond donors (Lipinski definition) is 1. The second-order valence-electron chi connectivity index (χ2n) is 4.39. The van der Waals surface area contributed by atoms with Gasteiger partial charge in [0.2, 0.25) is 11.8 Å². The molecular formula is C11H21N3O2. The number of amides is 2. The van der Waals surface area contributed by atoms with Gasteiger partial charge in [-0.05, 0) is 7.05 Å². The van der Waals surface area contributed by atoms with Crippen molar-refractivity contribution < 1.29 is 9.59 Å². The lowest BCUT2D eigenvalue weighted by Gasteiger charge is -2.35. The Labute approximate surface area is 96.8 Å².